The summed E-state index contributed by atoms with van der Waals surface area (Å²) in [6, 6.07) is 3.40. The summed E-state index contributed by atoms with van der Waals surface area (Å²) in [5.41, 5.74) is 5.48. The van der Waals surface area contributed by atoms with Crippen molar-refractivity contribution in [2.75, 3.05) is 0 Å². The van der Waals surface area contributed by atoms with Crippen LogP contribution in [-0.2, 0) is 16.6 Å². The topological polar surface area (TPSA) is 72.2 Å². The van der Waals surface area contributed by atoms with Crippen molar-refractivity contribution in [3.8, 4) is 0 Å². The molecule has 0 saturated heterocycles. The molecule has 1 aromatic heterocycles. The van der Waals surface area contributed by atoms with Crippen molar-refractivity contribution in [3.05, 3.63) is 17.0 Å². The third kappa shape index (κ3) is 4.06. The maximum atomic E-state index is 12.1. The van der Waals surface area contributed by atoms with Crippen LogP contribution in [0, 0.1) is 0 Å². The monoisotopic (exact) mass is 276 g/mol. The molecule has 0 bridgehead atoms. The SMILES string of the molecule is CCCC(CC)NS(=O)(=O)c1ccc(CN)s1. The fourth-order valence-electron chi connectivity index (χ4n) is 1.58. The second-order valence-corrected chi connectivity index (χ2v) is 7.05. The molecule has 0 aliphatic heterocycles. The molecule has 1 atom stereocenters. The Morgan fingerprint density at radius 1 is 1.41 bits per heavy atom. The molecule has 0 aliphatic carbocycles. The van der Waals surface area contributed by atoms with Gasteiger partial charge in [0.05, 0.1) is 0 Å². The Kier molecular flexibility index (Phi) is 5.58. The van der Waals surface area contributed by atoms with Gasteiger partial charge in [0.25, 0.3) is 0 Å². The van der Waals surface area contributed by atoms with Gasteiger partial charge in [-0.15, -0.1) is 11.3 Å². The minimum atomic E-state index is -3.37. The van der Waals surface area contributed by atoms with Gasteiger partial charge in [-0.3, -0.25) is 0 Å². The van der Waals surface area contributed by atoms with E-state index in [1.807, 2.05) is 6.92 Å². The molecule has 0 fully saturated rings. The zero-order chi connectivity index (χ0) is 12.9. The number of hydrogen-bond donors (Lipinski definition) is 2. The highest BCUT2D eigenvalue weighted by Crippen LogP contribution is 2.21. The number of sulfonamides is 1. The van der Waals surface area contributed by atoms with Crippen molar-refractivity contribution in [2.45, 2.75) is 49.9 Å². The zero-order valence-corrected chi connectivity index (χ0v) is 11.9. The molecule has 0 aromatic carbocycles. The summed E-state index contributed by atoms with van der Waals surface area (Å²) in [7, 11) is -3.37. The van der Waals surface area contributed by atoms with Crippen LogP contribution in [0.2, 0.25) is 0 Å². The van der Waals surface area contributed by atoms with Gasteiger partial charge in [0, 0.05) is 17.5 Å². The average Bonchev–Trinajstić information content (AvgIpc) is 2.77. The predicted molar refractivity (Wildman–Crippen MR) is 71.5 cm³/mol. The zero-order valence-electron chi connectivity index (χ0n) is 10.3. The first-order chi connectivity index (χ1) is 8.03. The molecule has 98 valence electrons. The first kappa shape index (κ1) is 14.6. The van der Waals surface area contributed by atoms with Gasteiger partial charge in [0.2, 0.25) is 10.0 Å². The number of nitrogens with one attached hydrogen (secondary N) is 1. The third-order valence-corrected chi connectivity index (χ3v) is 5.67. The van der Waals surface area contributed by atoms with Gasteiger partial charge >= 0.3 is 0 Å². The summed E-state index contributed by atoms with van der Waals surface area (Å²) in [5, 5.41) is 0. The number of nitrogens with two attached hydrogens (primary N) is 1. The lowest BCUT2D eigenvalue weighted by atomic mass is 10.1. The summed E-state index contributed by atoms with van der Waals surface area (Å²) in [6.45, 7) is 4.42. The number of thiophene rings is 1. The van der Waals surface area contributed by atoms with Crippen LogP contribution >= 0.6 is 11.3 Å². The number of rotatable bonds is 7. The molecule has 0 saturated carbocycles. The lowest BCUT2D eigenvalue weighted by molar-refractivity contribution is 0.513. The predicted octanol–water partition coefficient (Wildman–Crippen LogP) is 2.06. The van der Waals surface area contributed by atoms with E-state index in [0.29, 0.717) is 10.8 Å². The van der Waals surface area contributed by atoms with E-state index in [1.165, 1.54) is 11.3 Å². The Bertz CT molecular complexity index is 440. The standard InChI is InChI=1S/C11H20N2O2S2/c1-3-5-9(4-2)13-17(14,15)11-7-6-10(8-12)16-11/h6-7,9,13H,3-5,8,12H2,1-2H3. The first-order valence-corrected chi connectivity index (χ1v) is 8.14. The van der Waals surface area contributed by atoms with Crippen molar-refractivity contribution in [2.24, 2.45) is 5.73 Å². The van der Waals surface area contributed by atoms with Crippen molar-refractivity contribution >= 4 is 21.4 Å². The Morgan fingerprint density at radius 2 is 2.12 bits per heavy atom. The van der Waals surface area contributed by atoms with Gasteiger partial charge < -0.3 is 5.73 Å². The molecular weight excluding hydrogens is 256 g/mol. The van der Waals surface area contributed by atoms with Gasteiger partial charge in [-0.05, 0) is 25.0 Å². The van der Waals surface area contributed by atoms with Crippen LogP contribution in [0.15, 0.2) is 16.3 Å². The maximum absolute atomic E-state index is 12.1. The molecule has 1 rings (SSSR count). The van der Waals surface area contributed by atoms with E-state index in [4.69, 9.17) is 5.73 Å². The molecule has 0 radical (unpaired) electrons. The van der Waals surface area contributed by atoms with E-state index in [0.717, 1.165) is 24.1 Å². The van der Waals surface area contributed by atoms with Gasteiger partial charge in [-0.25, -0.2) is 13.1 Å². The van der Waals surface area contributed by atoms with Crippen LogP contribution in [0.1, 0.15) is 38.0 Å². The van der Waals surface area contributed by atoms with E-state index < -0.39 is 10.0 Å². The minimum absolute atomic E-state index is 0.0217. The van der Waals surface area contributed by atoms with E-state index in [-0.39, 0.29) is 6.04 Å². The lowest BCUT2D eigenvalue weighted by Crippen LogP contribution is -2.33. The molecule has 17 heavy (non-hydrogen) atoms. The van der Waals surface area contributed by atoms with E-state index >= 15 is 0 Å². The highest BCUT2D eigenvalue weighted by Gasteiger charge is 2.20. The highest BCUT2D eigenvalue weighted by molar-refractivity contribution is 7.91. The minimum Gasteiger partial charge on any atom is -0.326 e. The van der Waals surface area contributed by atoms with Crippen LogP contribution in [0.4, 0.5) is 0 Å². The second kappa shape index (κ2) is 6.49. The van der Waals surface area contributed by atoms with Crippen LogP contribution < -0.4 is 10.5 Å². The van der Waals surface area contributed by atoms with Gasteiger partial charge in [-0.2, -0.15) is 0 Å². The summed E-state index contributed by atoms with van der Waals surface area (Å²) < 4.78 is 27.2. The Hall–Kier alpha value is -0.430. The van der Waals surface area contributed by atoms with Crippen LogP contribution in [-0.4, -0.2) is 14.5 Å². The smallest absolute Gasteiger partial charge is 0.250 e. The normalized spacial score (nSPS) is 13.8. The van der Waals surface area contributed by atoms with Crippen molar-refractivity contribution in [1.29, 1.82) is 0 Å². The van der Waals surface area contributed by atoms with Crippen LogP contribution in [0.5, 0.6) is 0 Å². The quantitative estimate of drug-likeness (QED) is 0.800. The average molecular weight is 276 g/mol. The van der Waals surface area contributed by atoms with E-state index in [9.17, 15) is 8.42 Å². The molecule has 1 heterocycles. The fourth-order valence-corrected chi connectivity index (χ4v) is 4.19. The summed E-state index contributed by atoms with van der Waals surface area (Å²) in [5.74, 6) is 0. The van der Waals surface area contributed by atoms with E-state index in [1.54, 1.807) is 12.1 Å². The third-order valence-electron chi connectivity index (χ3n) is 2.55. The molecule has 0 spiro atoms. The van der Waals surface area contributed by atoms with E-state index in [2.05, 4.69) is 11.6 Å². The fraction of sp³-hybridized carbons (Fsp3) is 0.636. The molecular formula is C11H20N2O2S2. The van der Waals surface area contributed by atoms with Crippen molar-refractivity contribution in [1.82, 2.24) is 4.72 Å². The number of hydrogen-bond acceptors (Lipinski definition) is 4. The van der Waals surface area contributed by atoms with Gasteiger partial charge in [0.15, 0.2) is 0 Å². The molecule has 3 N–H and O–H groups in total. The summed E-state index contributed by atoms with van der Waals surface area (Å²) in [6.07, 6.45) is 2.65. The summed E-state index contributed by atoms with van der Waals surface area (Å²) in [4.78, 5) is 0.883. The van der Waals surface area contributed by atoms with Crippen molar-refractivity contribution < 1.29 is 8.42 Å². The first-order valence-electron chi connectivity index (χ1n) is 5.84. The second-order valence-electron chi connectivity index (χ2n) is 3.94. The van der Waals surface area contributed by atoms with Crippen molar-refractivity contribution in [3.63, 3.8) is 0 Å². The summed E-state index contributed by atoms with van der Waals surface area (Å²) >= 11 is 1.23. The molecule has 1 unspecified atom stereocenters. The lowest BCUT2D eigenvalue weighted by Gasteiger charge is -2.15. The van der Waals surface area contributed by atoms with Gasteiger partial charge in [0.1, 0.15) is 4.21 Å². The largest absolute Gasteiger partial charge is 0.326 e. The Balaban J connectivity index is 2.80. The molecule has 6 heteroatoms. The Morgan fingerprint density at radius 3 is 2.59 bits per heavy atom. The molecule has 4 nitrogen and oxygen atoms in total. The maximum Gasteiger partial charge on any atom is 0.250 e. The van der Waals surface area contributed by atoms with Crippen LogP contribution in [0.25, 0.3) is 0 Å². The molecule has 0 amide bonds. The van der Waals surface area contributed by atoms with Gasteiger partial charge in [-0.1, -0.05) is 20.3 Å². The Labute approximate surface area is 107 Å². The van der Waals surface area contributed by atoms with Crippen LogP contribution in [0.3, 0.4) is 0 Å². The highest BCUT2D eigenvalue weighted by atomic mass is 32.2. The molecule has 1 aromatic rings. The molecule has 0 aliphatic rings.